The van der Waals surface area contributed by atoms with Gasteiger partial charge in [0, 0.05) is 0 Å². The Bertz CT molecular complexity index is 277. The first kappa shape index (κ1) is 11.0. The van der Waals surface area contributed by atoms with Crippen LogP contribution in [0, 0.1) is 5.92 Å². The van der Waals surface area contributed by atoms with Gasteiger partial charge >= 0.3 is 0 Å². The van der Waals surface area contributed by atoms with E-state index in [9.17, 15) is 5.11 Å². The van der Waals surface area contributed by atoms with Gasteiger partial charge in [0.25, 0.3) is 0 Å². The first-order chi connectivity index (χ1) is 6.74. The zero-order valence-electron chi connectivity index (χ0n) is 8.85. The molecule has 0 radical (unpaired) electrons. The average Bonchev–Trinajstić information content (AvgIpc) is 2.19. The third kappa shape index (κ3) is 3.35. The maximum atomic E-state index is 9.88. The molecule has 0 aliphatic heterocycles. The fourth-order valence-corrected chi connectivity index (χ4v) is 1.57. The SMILES string of the molecule is C/C=C/[C@H](C)C[C@@H](O)c1ccccc1. The van der Waals surface area contributed by atoms with Gasteiger partial charge in [-0.25, -0.2) is 0 Å². The number of benzene rings is 1. The quantitative estimate of drug-likeness (QED) is 0.722. The van der Waals surface area contributed by atoms with E-state index in [1.807, 2.05) is 43.3 Å². The highest BCUT2D eigenvalue weighted by molar-refractivity contribution is 5.17. The van der Waals surface area contributed by atoms with Gasteiger partial charge in [0.2, 0.25) is 0 Å². The van der Waals surface area contributed by atoms with Crippen LogP contribution < -0.4 is 0 Å². The lowest BCUT2D eigenvalue weighted by atomic mass is 9.98. The van der Waals surface area contributed by atoms with Crippen LogP contribution in [0.5, 0.6) is 0 Å². The molecule has 1 aromatic rings. The molecule has 0 fully saturated rings. The van der Waals surface area contributed by atoms with E-state index in [1.54, 1.807) is 0 Å². The third-order valence-corrected chi connectivity index (χ3v) is 2.30. The van der Waals surface area contributed by atoms with Crippen LogP contribution in [0.15, 0.2) is 42.5 Å². The molecular weight excluding hydrogens is 172 g/mol. The fourth-order valence-electron chi connectivity index (χ4n) is 1.57. The van der Waals surface area contributed by atoms with E-state index in [2.05, 4.69) is 13.0 Å². The van der Waals surface area contributed by atoms with Crippen LogP contribution in [0.1, 0.15) is 31.9 Å². The summed E-state index contributed by atoms with van der Waals surface area (Å²) in [6.45, 7) is 4.12. The highest BCUT2D eigenvalue weighted by Crippen LogP contribution is 2.21. The molecule has 1 heteroatoms. The summed E-state index contributed by atoms with van der Waals surface area (Å²) in [5.41, 5.74) is 1.00. The lowest BCUT2D eigenvalue weighted by Gasteiger charge is -2.13. The summed E-state index contributed by atoms with van der Waals surface area (Å²) in [4.78, 5) is 0. The number of hydrogen-bond acceptors (Lipinski definition) is 1. The van der Waals surface area contributed by atoms with E-state index in [4.69, 9.17) is 0 Å². The summed E-state index contributed by atoms with van der Waals surface area (Å²) in [7, 11) is 0. The van der Waals surface area contributed by atoms with E-state index in [1.165, 1.54) is 0 Å². The maximum Gasteiger partial charge on any atom is 0.0795 e. The van der Waals surface area contributed by atoms with Crippen molar-refractivity contribution in [3.8, 4) is 0 Å². The van der Waals surface area contributed by atoms with Crippen molar-refractivity contribution in [3.63, 3.8) is 0 Å². The first-order valence-electron chi connectivity index (χ1n) is 5.10. The van der Waals surface area contributed by atoms with Crippen LogP contribution in [-0.4, -0.2) is 5.11 Å². The van der Waals surface area contributed by atoms with Crippen molar-refractivity contribution in [1.82, 2.24) is 0 Å². The third-order valence-electron chi connectivity index (χ3n) is 2.30. The molecule has 0 aliphatic carbocycles. The Morgan fingerprint density at radius 3 is 2.50 bits per heavy atom. The summed E-state index contributed by atoms with van der Waals surface area (Å²) in [6.07, 6.45) is 4.59. The Kier molecular flexibility index (Phi) is 4.41. The molecule has 2 atom stereocenters. The molecule has 0 amide bonds. The lowest BCUT2D eigenvalue weighted by Crippen LogP contribution is -2.02. The molecule has 0 saturated carbocycles. The molecule has 0 spiro atoms. The van der Waals surface area contributed by atoms with Gasteiger partial charge in [-0.2, -0.15) is 0 Å². The maximum absolute atomic E-state index is 9.88. The van der Waals surface area contributed by atoms with Crippen molar-refractivity contribution in [3.05, 3.63) is 48.0 Å². The van der Waals surface area contributed by atoms with Crippen LogP contribution in [0.2, 0.25) is 0 Å². The molecule has 1 N–H and O–H groups in total. The molecular formula is C13H18O. The number of allylic oxidation sites excluding steroid dienone is 2. The van der Waals surface area contributed by atoms with E-state index >= 15 is 0 Å². The highest BCUT2D eigenvalue weighted by Gasteiger charge is 2.09. The van der Waals surface area contributed by atoms with Crippen LogP contribution >= 0.6 is 0 Å². The average molecular weight is 190 g/mol. The summed E-state index contributed by atoms with van der Waals surface area (Å²) >= 11 is 0. The zero-order valence-corrected chi connectivity index (χ0v) is 8.85. The Labute approximate surface area is 86.1 Å². The largest absolute Gasteiger partial charge is 0.388 e. The second kappa shape index (κ2) is 5.61. The second-order valence-electron chi connectivity index (χ2n) is 3.67. The summed E-state index contributed by atoms with van der Waals surface area (Å²) in [5.74, 6) is 0.426. The van der Waals surface area contributed by atoms with Crippen molar-refractivity contribution < 1.29 is 5.11 Å². The molecule has 0 aromatic heterocycles. The minimum atomic E-state index is -0.345. The molecule has 1 aromatic carbocycles. The summed E-state index contributed by atoms with van der Waals surface area (Å²) in [5, 5.41) is 9.88. The van der Waals surface area contributed by atoms with Crippen LogP contribution in [0.25, 0.3) is 0 Å². The van der Waals surface area contributed by atoms with E-state index in [-0.39, 0.29) is 6.10 Å². The van der Waals surface area contributed by atoms with Gasteiger partial charge in [-0.1, -0.05) is 49.4 Å². The number of rotatable bonds is 4. The first-order valence-corrected chi connectivity index (χ1v) is 5.10. The monoisotopic (exact) mass is 190 g/mol. The minimum absolute atomic E-state index is 0.345. The van der Waals surface area contributed by atoms with Gasteiger partial charge in [0.1, 0.15) is 0 Å². The Morgan fingerprint density at radius 2 is 1.93 bits per heavy atom. The van der Waals surface area contributed by atoms with Crippen molar-refractivity contribution >= 4 is 0 Å². The summed E-state index contributed by atoms with van der Waals surface area (Å²) in [6, 6.07) is 9.81. The van der Waals surface area contributed by atoms with Gasteiger partial charge in [-0.05, 0) is 24.8 Å². The number of aliphatic hydroxyl groups excluding tert-OH is 1. The molecule has 0 heterocycles. The number of hydrogen-bond donors (Lipinski definition) is 1. The van der Waals surface area contributed by atoms with E-state index < -0.39 is 0 Å². The predicted molar refractivity (Wildman–Crippen MR) is 60.0 cm³/mol. The standard InChI is InChI=1S/C13H18O/c1-3-7-11(2)10-13(14)12-8-5-4-6-9-12/h3-9,11,13-14H,10H2,1-2H3/b7-3+/t11-,13+/m0/s1. The Hall–Kier alpha value is -1.08. The van der Waals surface area contributed by atoms with E-state index in [0.29, 0.717) is 5.92 Å². The second-order valence-corrected chi connectivity index (χ2v) is 3.67. The van der Waals surface area contributed by atoms with Crippen molar-refractivity contribution in [2.45, 2.75) is 26.4 Å². The minimum Gasteiger partial charge on any atom is -0.388 e. The number of aliphatic hydroxyl groups is 1. The highest BCUT2D eigenvalue weighted by atomic mass is 16.3. The van der Waals surface area contributed by atoms with Crippen LogP contribution in [0.3, 0.4) is 0 Å². The lowest BCUT2D eigenvalue weighted by molar-refractivity contribution is 0.155. The van der Waals surface area contributed by atoms with E-state index in [0.717, 1.165) is 12.0 Å². The van der Waals surface area contributed by atoms with Crippen molar-refractivity contribution in [2.75, 3.05) is 0 Å². The topological polar surface area (TPSA) is 20.2 Å². The van der Waals surface area contributed by atoms with Gasteiger partial charge in [0.05, 0.1) is 6.10 Å². The zero-order chi connectivity index (χ0) is 10.4. The van der Waals surface area contributed by atoms with Crippen molar-refractivity contribution in [2.24, 2.45) is 5.92 Å². The smallest absolute Gasteiger partial charge is 0.0795 e. The van der Waals surface area contributed by atoms with Gasteiger partial charge in [-0.3, -0.25) is 0 Å². The van der Waals surface area contributed by atoms with Crippen LogP contribution in [0.4, 0.5) is 0 Å². The molecule has 76 valence electrons. The predicted octanol–water partition coefficient (Wildman–Crippen LogP) is 3.32. The van der Waals surface area contributed by atoms with Gasteiger partial charge in [-0.15, -0.1) is 0 Å². The molecule has 0 aliphatic rings. The Balaban J connectivity index is 2.54. The molecule has 0 saturated heterocycles. The van der Waals surface area contributed by atoms with Gasteiger partial charge in [0.15, 0.2) is 0 Å². The molecule has 1 rings (SSSR count). The molecule has 1 nitrogen and oxygen atoms in total. The molecule has 0 bridgehead atoms. The normalized spacial score (nSPS) is 15.6. The van der Waals surface area contributed by atoms with Crippen LogP contribution in [-0.2, 0) is 0 Å². The van der Waals surface area contributed by atoms with Crippen molar-refractivity contribution in [1.29, 1.82) is 0 Å². The molecule has 14 heavy (non-hydrogen) atoms. The molecule has 0 unspecified atom stereocenters. The van der Waals surface area contributed by atoms with Gasteiger partial charge < -0.3 is 5.11 Å². The summed E-state index contributed by atoms with van der Waals surface area (Å²) < 4.78 is 0. The Morgan fingerprint density at radius 1 is 1.29 bits per heavy atom. The fraction of sp³-hybridized carbons (Fsp3) is 0.385.